The normalized spacial score (nSPS) is 11.2. The Morgan fingerprint density at radius 1 is 1.08 bits per heavy atom. The van der Waals surface area contributed by atoms with E-state index in [4.69, 9.17) is 4.74 Å². The Bertz CT molecular complexity index is 1040. The summed E-state index contributed by atoms with van der Waals surface area (Å²) in [5, 5.41) is 3.23. The molecule has 0 unspecified atom stereocenters. The van der Waals surface area contributed by atoms with Crippen molar-refractivity contribution in [3.63, 3.8) is 0 Å². The number of methoxy groups -OCH3 is 1. The van der Waals surface area contributed by atoms with Crippen molar-refractivity contribution in [3.8, 4) is 17.0 Å². The summed E-state index contributed by atoms with van der Waals surface area (Å²) in [5.74, 6) is 1.46. The van der Waals surface area contributed by atoms with Crippen LogP contribution < -0.4 is 10.1 Å². The Balaban J connectivity index is 1.70. The molecule has 4 rings (SSSR count). The molecule has 132 valence electrons. The third-order valence-electron chi connectivity index (χ3n) is 4.30. The van der Waals surface area contributed by atoms with Crippen molar-refractivity contribution in [2.24, 2.45) is 0 Å². The number of anilines is 1. The van der Waals surface area contributed by atoms with Gasteiger partial charge in [-0.1, -0.05) is 0 Å². The molecule has 0 saturated carbocycles. The SMILES string of the molecule is COc1ccc(-c2ccn3c(n2)nc2ccc(NCCCF)cc23)cc1. The molecule has 6 heteroatoms. The number of alkyl halides is 1. The summed E-state index contributed by atoms with van der Waals surface area (Å²) in [6.07, 6.45) is 2.47. The zero-order valence-electron chi connectivity index (χ0n) is 14.4. The monoisotopic (exact) mass is 350 g/mol. The molecule has 26 heavy (non-hydrogen) atoms. The maximum atomic E-state index is 12.3. The van der Waals surface area contributed by atoms with Gasteiger partial charge in [0, 0.05) is 24.0 Å². The maximum Gasteiger partial charge on any atom is 0.235 e. The summed E-state index contributed by atoms with van der Waals surface area (Å²) in [5.41, 5.74) is 4.66. The highest BCUT2D eigenvalue weighted by Crippen LogP contribution is 2.24. The van der Waals surface area contributed by atoms with Crippen LogP contribution in [0.15, 0.2) is 54.7 Å². The molecule has 0 aliphatic carbocycles. The molecular formula is C20H19FN4O. The molecule has 0 atom stereocenters. The number of hydrogen-bond donors (Lipinski definition) is 1. The molecule has 2 heterocycles. The first kappa shape index (κ1) is 16.3. The second-order valence-corrected chi connectivity index (χ2v) is 6.00. The lowest BCUT2D eigenvalue weighted by Gasteiger charge is -2.05. The molecule has 0 radical (unpaired) electrons. The van der Waals surface area contributed by atoms with E-state index >= 15 is 0 Å². The molecule has 0 aliphatic rings. The Kier molecular flexibility index (Phi) is 4.39. The first-order chi connectivity index (χ1) is 12.8. The number of imidazole rings is 1. The smallest absolute Gasteiger partial charge is 0.235 e. The maximum absolute atomic E-state index is 12.3. The van der Waals surface area contributed by atoms with Gasteiger partial charge in [0.15, 0.2) is 0 Å². The van der Waals surface area contributed by atoms with Gasteiger partial charge in [0.05, 0.1) is 30.5 Å². The third kappa shape index (κ3) is 3.06. The highest BCUT2D eigenvalue weighted by atomic mass is 19.1. The number of nitrogens with zero attached hydrogens (tertiary/aromatic N) is 3. The predicted molar refractivity (Wildman–Crippen MR) is 102 cm³/mol. The molecule has 0 spiro atoms. The lowest BCUT2D eigenvalue weighted by molar-refractivity contribution is 0.415. The van der Waals surface area contributed by atoms with Crippen molar-refractivity contribution in [2.75, 3.05) is 25.6 Å². The van der Waals surface area contributed by atoms with Crippen LogP contribution in [0.1, 0.15) is 6.42 Å². The van der Waals surface area contributed by atoms with Crippen LogP contribution in [0.5, 0.6) is 5.75 Å². The first-order valence-electron chi connectivity index (χ1n) is 8.51. The fourth-order valence-corrected chi connectivity index (χ4v) is 2.93. The zero-order chi connectivity index (χ0) is 17.9. The Labute approximate surface area is 150 Å². The molecule has 0 saturated heterocycles. The number of rotatable bonds is 6. The molecule has 4 aromatic rings. The predicted octanol–water partition coefficient (Wildman–Crippen LogP) is 4.33. The van der Waals surface area contributed by atoms with Gasteiger partial charge < -0.3 is 10.1 Å². The summed E-state index contributed by atoms with van der Waals surface area (Å²) in [7, 11) is 1.65. The van der Waals surface area contributed by atoms with E-state index in [2.05, 4.69) is 15.3 Å². The van der Waals surface area contributed by atoms with Gasteiger partial charge in [0.25, 0.3) is 0 Å². The van der Waals surface area contributed by atoms with Crippen molar-refractivity contribution in [2.45, 2.75) is 6.42 Å². The standard InChI is InChI=1S/C20H19FN4O/c1-26-16-6-3-14(4-7-16)17-9-12-25-19-13-15(22-11-2-10-21)5-8-18(19)24-20(25)23-17/h3-9,12-13,22H,2,10-11H2,1H3. The van der Waals surface area contributed by atoms with E-state index in [1.807, 2.05) is 59.1 Å². The van der Waals surface area contributed by atoms with E-state index in [1.165, 1.54) is 0 Å². The van der Waals surface area contributed by atoms with Gasteiger partial charge in [-0.3, -0.25) is 8.79 Å². The Hall–Kier alpha value is -3.15. The number of aromatic nitrogens is 3. The molecule has 0 fully saturated rings. The van der Waals surface area contributed by atoms with Crippen LogP contribution in [0.2, 0.25) is 0 Å². The van der Waals surface area contributed by atoms with E-state index in [9.17, 15) is 4.39 Å². The number of hydrogen-bond acceptors (Lipinski definition) is 4. The van der Waals surface area contributed by atoms with Crippen molar-refractivity contribution in [1.29, 1.82) is 0 Å². The molecule has 5 nitrogen and oxygen atoms in total. The fourth-order valence-electron chi connectivity index (χ4n) is 2.93. The number of nitrogens with one attached hydrogen (secondary N) is 1. The largest absolute Gasteiger partial charge is 0.497 e. The van der Waals surface area contributed by atoms with E-state index in [0.29, 0.717) is 18.7 Å². The minimum atomic E-state index is -0.317. The van der Waals surface area contributed by atoms with Gasteiger partial charge in [0.2, 0.25) is 5.78 Å². The van der Waals surface area contributed by atoms with Gasteiger partial charge >= 0.3 is 0 Å². The molecular weight excluding hydrogens is 331 g/mol. The molecule has 0 bridgehead atoms. The lowest BCUT2D eigenvalue weighted by atomic mass is 10.1. The van der Waals surface area contributed by atoms with Crippen molar-refractivity contribution < 1.29 is 9.13 Å². The Morgan fingerprint density at radius 3 is 2.69 bits per heavy atom. The fraction of sp³-hybridized carbons (Fsp3) is 0.200. The number of fused-ring (bicyclic) bond motifs is 3. The summed E-state index contributed by atoms with van der Waals surface area (Å²) in [6, 6.07) is 15.7. The summed E-state index contributed by atoms with van der Waals surface area (Å²) < 4.78 is 19.4. The average Bonchev–Trinajstić information content (AvgIpc) is 3.05. The quantitative estimate of drug-likeness (QED) is 0.526. The molecule has 0 amide bonds. The molecule has 1 N–H and O–H groups in total. The van der Waals surface area contributed by atoms with Crippen LogP contribution in [0, 0.1) is 0 Å². The van der Waals surface area contributed by atoms with Crippen LogP contribution in [0.3, 0.4) is 0 Å². The molecule has 2 aromatic heterocycles. The minimum Gasteiger partial charge on any atom is -0.497 e. The van der Waals surface area contributed by atoms with Crippen molar-refractivity contribution in [3.05, 3.63) is 54.7 Å². The number of benzene rings is 2. The first-order valence-corrected chi connectivity index (χ1v) is 8.51. The zero-order valence-corrected chi connectivity index (χ0v) is 14.4. The Morgan fingerprint density at radius 2 is 1.92 bits per heavy atom. The van der Waals surface area contributed by atoms with Crippen LogP contribution in [0.4, 0.5) is 10.1 Å². The van der Waals surface area contributed by atoms with E-state index in [1.54, 1.807) is 7.11 Å². The summed E-state index contributed by atoms with van der Waals surface area (Å²) >= 11 is 0. The van der Waals surface area contributed by atoms with Gasteiger partial charge in [-0.2, -0.15) is 0 Å². The second kappa shape index (κ2) is 7.00. The van der Waals surface area contributed by atoms with Crippen molar-refractivity contribution >= 4 is 22.5 Å². The van der Waals surface area contributed by atoms with Gasteiger partial charge in [0.1, 0.15) is 5.75 Å². The molecule has 0 aliphatic heterocycles. The van der Waals surface area contributed by atoms with Crippen molar-refractivity contribution in [1.82, 2.24) is 14.4 Å². The van der Waals surface area contributed by atoms with E-state index in [-0.39, 0.29) is 6.67 Å². The van der Waals surface area contributed by atoms with Gasteiger partial charge in [-0.05, 0) is 55.0 Å². The van der Waals surface area contributed by atoms with E-state index in [0.717, 1.165) is 33.7 Å². The average molecular weight is 350 g/mol. The second-order valence-electron chi connectivity index (χ2n) is 6.00. The van der Waals surface area contributed by atoms with Crippen LogP contribution in [-0.2, 0) is 0 Å². The topological polar surface area (TPSA) is 51.5 Å². The van der Waals surface area contributed by atoms with Crippen LogP contribution >= 0.6 is 0 Å². The van der Waals surface area contributed by atoms with Crippen LogP contribution in [0.25, 0.3) is 28.1 Å². The van der Waals surface area contributed by atoms with Crippen LogP contribution in [-0.4, -0.2) is 34.7 Å². The van der Waals surface area contributed by atoms with E-state index < -0.39 is 0 Å². The minimum absolute atomic E-state index is 0.317. The van der Waals surface area contributed by atoms with Gasteiger partial charge in [-0.25, -0.2) is 9.97 Å². The summed E-state index contributed by atoms with van der Waals surface area (Å²) in [6.45, 7) is 0.293. The molecule has 2 aromatic carbocycles. The number of halogens is 1. The summed E-state index contributed by atoms with van der Waals surface area (Å²) in [4.78, 5) is 9.30. The van der Waals surface area contributed by atoms with Gasteiger partial charge in [-0.15, -0.1) is 0 Å². The lowest BCUT2D eigenvalue weighted by Crippen LogP contribution is -2.01. The third-order valence-corrected chi connectivity index (χ3v) is 4.30. The highest BCUT2D eigenvalue weighted by molar-refractivity contribution is 5.83. The highest BCUT2D eigenvalue weighted by Gasteiger charge is 2.08. The number of ether oxygens (including phenoxy) is 1.